The molecule has 3 unspecified atom stereocenters. The SMILES string of the molecule is CC(O)C(N)C(=O)O.O=C(NC(Cc1ccc(O)cc1)C(=O)O)OCC1c2ccccc2-c2ccccc21. The number of aromatic hydroxyl groups is 1. The van der Waals surface area contributed by atoms with Crippen LogP contribution in [0.1, 0.15) is 29.5 Å². The van der Waals surface area contributed by atoms with Crippen molar-refractivity contribution in [2.24, 2.45) is 5.73 Å². The van der Waals surface area contributed by atoms with Gasteiger partial charge in [-0.1, -0.05) is 60.7 Å². The minimum atomic E-state index is -1.18. The number of carbonyl (C=O) groups is 3. The van der Waals surface area contributed by atoms with Crippen LogP contribution in [0.15, 0.2) is 72.8 Å². The van der Waals surface area contributed by atoms with Crippen molar-refractivity contribution >= 4 is 18.0 Å². The van der Waals surface area contributed by atoms with Gasteiger partial charge in [-0.3, -0.25) is 4.79 Å². The smallest absolute Gasteiger partial charge is 0.407 e. The molecule has 0 fully saturated rings. The summed E-state index contributed by atoms with van der Waals surface area (Å²) in [5.74, 6) is -2.34. The van der Waals surface area contributed by atoms with E-state index in [1.165, 1.54) is 19.1 Å². The average molecular weight is 523 g/mol. The van der Waals surface area contributed by atoms with Crippen molar-refractivity contribution in [1.29, 1.82) is 0 Å². The molecule has 38 heavy (non-hydrogen) atoms. The van der Waals surface area contributed by atoms with Crippen molar-refractivity contribution in [2.45, 2.75) is 37.5 Å². The van der Waals surface area contributed by atoms with E-state index >= 15 is 0 Å². The highest BCUT2D eigenvalue weighted by atomic mass is 16.5. The Kier molecular flexibility index (Phi) is 9.42. The molecule has 0 saturated heterocycles. The number of aliphatic carboxylic acids is 2. The van der Waals surface area contributed by atoms with E-state index in [1.807, 2.05) is 48.5 Å². The number of alkyl carbamates (subject to hydrolysis) is 1. The molecule has 0 radical (unpaired) electrons. The molecule has 200 valence electrons. The monoisotopic (exact) mass is 522 g/mol. The number of nitrogens with one attached hydrogen (secondary N) is 1. The summed E-state index contributed by atoms with van der Waals surface area (Å²) >= 11 is 0. The molecule has 0 saturated carbocycles. The van der Waals surface area contributed by atoms with Gasteiger partial charge in [-0.05, 0) is 46.9 Å². The molecule has 4 rings (SSSR count). The van der Waals surface area contributed by atoms with E-state index in [2.05, 4.69) is 5.32 Å². The van der Waals surface area contributed by atoms with Gasteiger partial charge in [0.05, 0.1) is 6.10 Å². The number of carbonyl (C=O) groups excluding carboxylic acids is 1. The summed E-state index contributed by atoms with van der Waals surface area (Å²) in [7, 11) is 0. The lowest BCUT2D eigenvalue weighted by molar-refractivity contribution is -0.141. The van der Waals surface area contributed by atoms with Gasteiger partial charge < -0.3 is 36.2 Å². The van der Waals surface area contributed by atoms with Crippen LogP contribution < -0.4 is 11.1 Å². The third-order valence-electron chi connectivity index (χ3n) is 6.11. The van der Waals surface area contributed by atoms with E-state index in [-0.39, 0.29) is 24.7 Å². The van der Waals surface area contributed by atoms with Crippen LogP contribution in [-0.4, -0.2) is 63.3 Å². The summed E-state index contributed by atoms with van der Waals surface area (Å²) < 4.78 is 5.42. The number of fused-ring (bicyclic) bond motifs is 3. The number of benzene rings is 3. The van der Waals surface area contributed by atoms with E-state index in [1.54, 1.807) is 12.1 Å². The molecule has 10 heteroatoms. The summed E-state index contributed by atoms with van der Waals surface area (Å²) in [5, 5.41) is 37.8. The van der Waals surface area contributed by atoms with E-state index in [4.69, 9.17) is 20.7 Å². The second-order valence-corrected chi connectivity index (χ2v) is 8.84. The first-order valence-corrected chi connectivity index (χ1v) is 11.9. The largest absolute Gasteiger partial charge is 0.508 e. The molecule has 0 aliphatic heterocycles. The van der Waals surface area contributed by atoms with E-state index in [0.29, 0.717) is 5.56 Å². The number of carboxylic acids is 2. The molecule has 1 amide bonds. The maximum Gasteiger partial charge on any atom is 0.407 e. The minimum absolute atomic E-state index is 0.0831. The Labute approximate surface area is 219 Å². The Bertz CT molecular complexity index is 1230. The van der Waals surface area contributed by atoms with Crippen molar-refractivity contribution in [2.75, 3.05) is 6.61 Å². The van der Waals surface area contributed by atoms with Gasteiger partial charge in [-0.25, -0.2) is 9.59 Å². The van der Waals surface area contributed by atoms with Crippen molar-refractivity contribution in [3.63, 3.8) is 0 Å². The van der Waals surface area contributed by atoms with Crippen molar-refractivity contribution in [3.05, 3.63) is 89.5 Å². The summed E-state index contributed by atoms with van der Waals surface area (Å²) in [5.41, 5.74) is 10.0. The number of rotatable bonds is 8. The maximum atomic E-state index is 12.3. The fraction of sp³-hybridized carbons (Fsp3) is 0.250. The van der Waals surface area contributed by atoms with Crippen LogP contribution in [0.5, 0.6) is 5.75 Å². The van der Waals surface area contributed by atoms with Crippen LogP contribution in [0.4, 0.5) is 4.79 Å². The third-order valence-corrected chi connectivity index (χ3v) is 6.11. The molecule has 1 aliphatic rings. The minimum Gasteiger partial charge on any atom is -0.508 e. The highest BCUT2D eigenvalue weighted by Gasteiger charge is 2.29. The van der Waals surface area contributed by atoms with Gasteiger partial charge in [0.2, 0.25) is 0 Å². The fourth-order valence-electron chi connectivity index (χ4n) is 4.06. The third kappa shape index (κ3) is 7.09. The zero-order valence-corrected chi connectivity index (χ0v) is 20.7. The Morgan fingerprint density at radius 1 is 0.895 bits per heavy atom. The molecule has 1 aliphatic carbocycles. The first-order chi connectivity index (χ1) is 18.1. The Morgan fingerprint density at radius 2 is 1.42 bits per heavy atom. The molecule has 0 aromatic heterocycles. The molecular formula is C28H30N2O8. The maximum absolute atomic E-state index is 12.3. The van der Waals surface area contributed by atoms with Crippen molar-refractivity contribution in [3.8, 4) is 16.9 Å². The molecule has 3 aromatic carbocycles. The highest BCUT2D eigenvalue weighted by Crippen LogP contribution is 2.44. The lowest BCUT2D eigenvalue weighted by Gasteiger charge is -2.17. The zero-order valence-electron chi connectivity index (χ0n) is 20.7. The normalized spacial score (nSPS) is 14.1. The molecule has 0 spiro atoms. The number of phenolic OH excluding ortho intramolecular Hbond substituents is 1. The molecular weight excluding hydrogens is 492 g/mol. The van der Waals surface area contributed by atoms with Crippen LogP contribution in [-0.2, 0) is 20.7 Å². The van der Waals surface area contributed by atoms with Crippen LogP contribution >= 0.6 is 0 Å². The predicted molar refractivity (Wildman–Crippen MR) is 139 cm³/mol. The lowest BCUT2D eigenvalue weighted by Crippen LogP contribution is -2.42. The Morgan fingerprint density at radius 3 is 1.87 bits per heavy atom. The van der Waals surface area contributed by atoms with Gasteiger partial charge in [0.1, 0.15) is 24.4 Å². The second-order valence-electron chi connectivity index (χ2n) is 8.84. The van der Waals surface area contributed by atoms with E-state index in [9.17, 15) is 24.6 Å². The van der Waals surface area contributed by atoms with E-state index < -0.39 is 36.2 Å². The van der Waals surface area contributed by atoms with Gasteiger partial charge in [-0.15, -0.1) is 0 Å². The van der Waals surface area contributed by atoms with Crippen LogP contribution in [0.2, 0.25) is 0 Å². The number of hydrogen-bond acceptors (Lipinski definition) is 7. The summed E-state index contributed by atoms with van der Waals surface area (Å²) in [6, 6.07) is 19.9. The predicted octanol–water partition coefficient (Wildman–Crippen LogP) is 2.71. The standard InChI is InChI=1S/C24H21NO5.C4H9NO3/c26-16-11-9-15(10-12-16)13-22(23(27)28)25-24(29)30-14-21-19-7-3-1-5-17(19)18-6-2-4-8-20(18)21;1-2(6)3(5)4(7)8/h1-12,21-22,26H,13-14H2,(H,25,29)(H,27,28);2-3,6H,5H2,1H3,(H,7,8). The number of hydrogen-bond donors (Lipinski definition) is 6. The number of amides is 1. The highest BCUT2D eigenvalue weighted by molar-refractivity contribution is 5.81. The fourth-order valence-corrected chi connectivity index (χ4v) is 4.06. The van der Waals surface area contributed by atoms with Crippen molar-refractivity contribution in [1.82, 2.24) is 5.32 Å². The summed E-state index contributed by atoms with van der Waals surface area (Å²) in [6.07, 6.45) is -1.67. The summed E-state index contributed by atoms with van der Waals surface area (Å²) in [6.45, 7) is 1.45. The number of aliphatic hydroxyl groups is 1. The summed E-state index contributed by atoms with van der Waals surface area (Å²) in [4.78, 5) is 33.8. The van der Waals surface area contributed by atoms with E-state index in [0.717, 1.165) is 22.3 Å². The number of phenols is 1. The second kappa shape index (κ2) is 12.7. The first kappa shape index (κ1) is 28.2. The number of ether oxygens (including phenoxy) is 1. The molecule has 3 atom stereocenters. The first-order valence-electron chi connectivity index (χ1n) is 11.9. The van der Waals surface area contributed by atoms with Crippen LogP contribution in [0.3, 0.4) is 0 Å². The van der Waals surface area contributed by atoms with Crippen LogP contribution in [0, 0.1) is 0 Å². The average Bonchev–Trinajstić information content (AvgIpc) is 3.21. The Balaban J connectivity index is 0.000000436. The number of aliphatic hydroxyl groups excluding tert-OH is 1. The number of nitrogens with two attached hydrogens (primary N) is 1. The molecule has 0 bridgehead atoms. The molecule has 3 aromatic rings. The van der Waals surface area contributed by atoms with Gasteiger partial charge in [0, 0.05) is 12.3 Å². The van der Waals surface area contributed by atoms with Gasteiger partial charge in [-0.2, -0.15) is 0 Å². The van der Waals surface area contributed by atoms with Crippen LogP contribution in [0.25, 0.3) is 11.1 Å². The van der Waals surface area contributed by atoms with Gasteiger partial charge >= 0.3 is 18.0 Å². The van der Waals surface area contributed by atoms with Crippen molar-refractivity contribution < 1.29 is 39.5 Å². The Hall–Kier alpha value is -4.41. The molecule has 10 nitrogen and oxygen atoms in total. The lowest BCUT2D eigenvalue weighted by atomic mass is 9.98. The molecule has 7 N–H and O–H groups in total. The number of carboxylic acid groups (broad SMARTS) is 2. The zero-order chi connectivity index (χ0) is 27.8. The quantitative estimate of drug-likeness (QED) is 0.259. The topological polar surface area (TPSA) is 179 Å². The van der Waals surface area contributed by atoms with Gasteiger partial charge in [0.25, 0.3) is 0 Å². The van der Waals surface area contributed by atoms with Gasteiger partial charge in [0.15, 0.2) is 0 Å². The molecule has 0 heterocycles.